The van der Waals surface area contributed by atoms with E-state index < -0.39 is 17.7 Å². The van der Waals surface area contributed by atoms with Crippen molar-refractivity contribution in [1.29, 1.82) is 0 Å². The summed E-state index contributed by atoms with van der Waals surface area (Å²) in [7, 11) is 3.98. The van der Waals surface area contributed by atoms with Crippen LogP contribution in [0.25, 0.3) is 6.08 Å². The van der Waals surface area contributed by atoms with Crippen LogP contribution < -0.4 is 29.8 Å². The van der Waals surface area contributed by atoms with Crippen LogP contribution in [0.4, 0.5) is 11.4 Å². The first-order valence-electron chi connectivity index (χ1n) is 12.1. The normalized spacial score (nSPS) is 21.8. The number of amides is 1. The number of rotatable bonds is 4. The van der Waals surface area contributed by atoms with Crippen molar-refractivity contribution in [1.82, 2.24) is 4.57 Å². The van der Waals surface area contributed by atoms with E-state index in [1.54, 1.807) is 4.57 Å². The SMILES string of the molecule is CN(C)c1ccc(/C=c2\sc3n(c2=O)C2c4ccccc4OC(C)(N=3)C2C(=O)Nc2ccccc2)cc1. The molecule has 3 aromatic carbocycles. The minimum atomic E-state index is -1.17. The van der Waals surface area contributed by atoms with Gasteiger partial charge >= 0.3 is 0 Å². The Morgan fingerprint density at radius 1 is 1.05 bits per heavy atom. The van der Waals surface area contributed by atoms with Crippen molar-refractivity contribution < 1.29 is 9.53 Å². The summed E-state index contributed by atoms with van der Waals surface area (Å²) in [5.74, 6) is -0.351. The molecule has 7 nitrogen and oxygen atoms in total. The fourth-order valence-electron chi connectivity index (χ4n) is 5.10. The lowest BCUT2D eigenvalue weighted by Crippen LogP contribution is -2.59. The van der Waals surface area contributed by atoms with Crippen LogP contribution in [0.3, 0.4) is 0 Å². The number of hydrogen-bond donors (Lipinski definition) is 1. The van der Waals surface area contributed by atoms with Crippen molar-refractivity contribution in [2.24, 2.45) is 10.9 Å². The van der Waals surface area contributed by atoms with Gasteiger partial charge in [0.15, 0.2) is 4.80 Å². The topological polar surface area (TPSA) is 75.9 Å². The lowest BCUT2D eigenvalue weighted by atomic mass is 9.80. The molecule has 2 aliphatic rings. The van der Waals surface area contributed by atoms with Gasteiger partial charge in [-0.2, -0.15) is 0 Å². The van der Waals surface area contributed by atoms with Crippen LogP contribution in [0.1, 0.15) is 24.1 Å². The molecule has 0 saturated heterocycles. The fourth-order valence-corrected chi connectivity index (χ4v) is 6.20. The Balaban J connectivity index is 1.50. The number of nitrogens with zero attached hydrogens (tertiary/aromatic N) is 3. The van der Waals surface area contributed by atoms with Crippen molar-refractivity contribution in [2.45, 2.75) is 18.7 Å². The van der Waals surface area contributed by atoms with Gasteiger partial charge in [0, 0.05) is 31.0 Å². The molecule has 37 heavy (non-hydrogen) atoms. The van der Waals surface area contributed by atoms with E-state index in [-0.39, 0.29) is 11.5 Å². The van der Waals surface area contributed by atoms with Crippen molar-refractivity contribution in [3.8, 4) is 5.75 Å². The maximum atomic E-state index is 13.8. The molecule has 1 aromatic heterocycles. The van der Waals surface area contributed by atoms with Crippen LogP contribution in [0, 0.1) is 5.92 Å². The van der Waals surface area contributed by atoms with Gasteiger partial charge in [-0.15, -0.1) is 0 Å². The van der Waals surface area contributed by atoms with E-state index in [4.69, 9.17) is 9.73 Å². The summed E-state index contributed by atoms with van der Waals surface area (Å²) in [5, 5.41) is 3.00. The van der Waals surface area contributed by atoms with E-state index in [2.05, 4.69) is 5.32 Å². The molecule has 2 aliphatic heterocycles. The van der Waals surface area contributed by atoms with E-state index >= 15 is 0 Å². The number of carbonyl (C=O) groups is 1. The molecule has 1 N–H and O–H groups in total. The standard InChI is InChI=1S/C29H26N4O3S/c1-29-24(26(34)30-19-9-5-4-6-10-19)25(21-11-7-8-12-22(21)36-29)33-27(35)23(37-28(33)31-29)17-18-13-15-20(16-14-18)32(2)3/h4-17,24-25H,1-3H3,(H,30,34)/b23-17-. The van der Waals surface area contributed by atoms with Gasteiger partial charge in [0.05, 0.1) is 10.6 Å². The molecule has 0 fully saturated rings. The third-order valence-corrected chi connectivity index (χ3v) is 7.89. The van der Waals surface area contributed by atoms with Crippen LogP contribution in [0.15, 0.2) is 88.6 Å². The van der Waals surface area contributed by atoms with E-state index in [0.29, 0.717) is 20.8 Å². The van der Waals surface area contributed by atoms with Gasteiger partial charge in [-0.3, -0.25) is 14.2 Å². The van der Waals surface area contributed by atoms with Gasteiger partial charge < -0.3 is 15.0 Å². The van der Waals surface area contributed by atoms with E-state index in [9.17, 15) is 9.59 Å². The van der Waals surface area contributed by atoms with Crippen molar-refractivity contribution in [3.05, 3.63) is 110 Å². The third-order valence-electron chi connectivity index (χ3n) is 6.91. The lowest BCUT2D eigenvalue weighted by molar-refractivity contribution is -0.131. The van der Waals surface area contributed by atoms with Crippen LogP contribution >= 0.6 is 11.3 Å². The fraction of sp³-hybridized carbons (Fsp3) is 0.207. The molecule has 0 radical (unpaired) electrons. The molecule has 2 bridgehead atoms. The number of carbonyl (C=O) groups excluding carboxylic acids is 1. The van der Waals surface area contributed by atoms with Crippen LogP contribution in [-0.4, -0.2) is 30.3 Å². The summed E-state index contributed by atoms with van der Waals surface area (Å²) >= 11 is 1.32. The number of hydrogen-bond acceptors (Lipinski definition) is 6. The molecule has 8 heteroatoms. The predicted octanol–water partition coefficient (Wildman–Crippen LogP) is 3.39. The van der Waals surface area contributed by atoms with Gasteiger partial charge in [-0.05, 0) is 48.9 Å². The van der Waals surface area contributed by atoms with Crippen molar-refractivity contribution in [3.63, 3.8) is 0 Å². The first-order valence-corrected chi connectivity index (χ1v) is 12.9. The summed E-state index contributed by atoms with van der Waals surface area (Å²) in [6.07, 6.45) is 1.88. The number of para-hydroxylation sites is 2. The minimum Gasteiger partial charge on any atom is -0.465 e. The quantitative estimate of drug-likeness (QED) is 0.457. The molecule has 186 valence electrons. The highest BCUT2D eigenvalue weighted by atomic mass is 32.1. The highest BCUT2D eigenvalue weighted by Gasteiger charge is 2.55. The van der Waals surface area contributed by atoms with Crippen molar-refractivity contribution >= 4 is 34.7 Å². The summed E-state index contributed by atoms with van der Waals surface area (Å²) in [6.45, 7) is 1.82. The second-order valence-electron chi connectivity index (χ2n) is 9.64. The zero-order valence-electron chi connectivity index (χ0n) is 20.7. The average molecular weight is 511 g/mol. The predicted molar refractivity (Wildman–Crippen MR) is 146 cm³/mol. The number of thiazole rings is 1. The maximum absolute atomic E-state index is 13.8. The number of ether oxygens (including phenoxy) is 1. The Morgan fingerprint density at radius 3 is 2.49 bits per heavy atom. The molecular weight excluding hydrogens is 484 g/mol. The molecular formula is C29H26N4O3S. The molecule has 1 amide bonds. The monoisotopic (exact) mass is 510 g/mol. The summed E-state index contributed by atoms with van der Waals surface area (Å²) in [4.78, 5) is 35.0. The zero-order chi connectivity index (χ0) is 25.7. The van der Waals surface area contributed by atoms with Crippen molar-refractivity contribution in [2.75, 3.05) is 24.3 Å². The van der Waals surface area contributed by atoms with Gasteiger partial charge in [0.2, 0.25) is 11.6 Å². The Labute approximate surface area is 218 Å². The van der Waals surface area contributed by atoms with E-state index in [0.717, 1.165) is 16.8 Å². The van der Waals surface area contributed by atoms with Gasteiger partial charge in [-0.25, -0.2) is 4.99 Å². The summed E-state index contributed by atoms with van der Waals surface area (Å²) in [6, 6.07) is 24.3. The number of anilines is 2. The molecule has 3 atom stereocenters. The zero-order valence-corrected chi connectivity index (χ0v) is 21.5. The highest BCUT2D eigenvalue weighted by molar-refractivity contribution is 7.07. The van der Waals surface area contributed by atoms with Crippen LogP contribution in [0.2, 0.25) is 0 Å². The molecule has 0 saturated carbocycles. The second kappa shape index (κ2) is 8.74. The summed E-state index contributed by atoms with van der Waals surface area (Å²) in [5.41, 5.74) is 2.15. The largest absolute Gasteiger partial charge is 0.465 e. The minimum absolute atomic E-state index is 0.165. The number of benzene rings is 3. The Hall–Kier alpha value is -4.17. The molecule has 6 rings (SSSR count). The number of fused-ring (bicyclic) bond motifs is 6. The van der Waals surface area contributed by atoms with E-state index in [1.165, 1.54) is 11.3 Å². The highest BCUT2D eigenvalue weighted by Crippen LogP contribution is 2.47. The lowest BCUT2D eigenvalue weighted by Gasteiger charge is -2.45. The van der Waals surface area contributed by atoms with Crippen LogP contribution in [0.5, 0.6) is 5.75 Å². The van der Waals surface area contributed by atoms with Gasteiger partial charge in [-0.1, -0.05) is 59.9 Å². The van der Waals surface area contributed by atoms with Crippen LogP contribution in [-0.2, 0) is 4.79 Å². The molecule has 3 unspecified atom stereocenters. The first kappa shape index (κ1) is 23.2. The van der Waals surface area contributed by atoms with Gasteiger partial charge in [0.25, 0.3) is 5.56 Å². The summed E-state index contributed by atoms with van der Waals surface area (Å²) < 4.78 is 8.60. The molecule has 3 heterocycles. The average Bonchev–Trinajstić information content (AvgIpc) is 3.17. The maximum Gasteiger partial charge on any atom is 0.270 e. The molecule has 0 aliphatic carbocycles. The second-order valence-corrected chi connectivity index (χ2v) is 10.6. The number of nitrogens with one attached hydrogen (secondary N) is 1. The Kier molecular flexibility index (Phi) is 5.49. The Bertz CT molecular complexity index is 1670. The first-order chi connectivity index (χ1) is 17.8. The van der Waals surface area contributed by atoms with E-state index in [1.807, 2.05) is 111 Å². The smallest absolute Gasteiger partial charge is 0.270 e. The molecule has 4 aromatic rings. The molecule has 0 spiro atoms. The third kappa shape index (κ3) is 3.94. The Morgan fingerprint density at radius 2 is 1.76 bits per heavy atom. The number of aromatic nitrogens is 1. The van der Waals surface area contributed by atoms with Gasteiger partial charge in [0.1, 0.15) is 11.7 Å².